The van der Waals surface area contributed by atoms with Gasteiger partial charge in [-0.2, -0.15) is 0 Å². The number of nitrogens with zero attached hydrogens (tertiary/aromatic N) is 1. The van der Waals surface area contributed by atoms with Crippen LogP contribution in [0.2, 0.25) is 0 Å². The smallest absolute Gasteiger partial charge is 0.335 e. The molecule has 0 radical (unpaired) electrons. The number of benzene rings is 2. The Kier molecular flexibility index (Phi) is 5.49. The minimum absolute atomic E-state index is 0.122. The molecule has 1 saturated heterocycles. The van der Waals surface area contributed by atoms with Gasteiger partial charge >= 0.3 is 6.03 Å². The average molecular weight is 400 g/mol. The van der Waals surface area contributed by atoms with Crippen LogP contribution >= 0.6 is 0 Å². The molecule has 2 aromatic rings. The summed E-state index contributed by atoms with van der Waals surface area (Å²) in [6, 6.07) is 6.92. The molecule has 0 unspecified atom stereocenters. The van der Waals surface area contributed by atoms with Gasteiger partial charge in [0, 0.05) is 0 Å². The third-order valence-corrected chi connectivity index (χ3v) is 4.18. The van der Waals surface area contributed by atoms with Crippen LogP contribution in [0.15, 0.2) is 42.0 Å². The Labute approximate surface area is 165 Å². The number of rotatable bonds is 5. The molecule has 0 aliphatic carbocycles. The predicted molar refractivity (Wildman–Crippen MR) is 101 cm³/mol. The molecule has 150 valence electrons. The van der Waals surface area contributed by atoms with Crippen molar-refractivity contribution in [2.45, 2.75) is 0 Å². The molecular formula is C20H17FN2O6. The number of urea groups is 1. The van der Waals surface area contributed by atoms with E-state index in [1.165, 1.54) is 39.5 Å². The summed E-state index contributed by atoms with van der Waals surface area (Å²) < 4.78 is 28.9. The summed E-state index contributed by atoms with van der Waals surface area (Å²) in [7, 11) is 4.31. The van der Waals surface area contributed by atoms with E-state index in [4.69, 9.17) is 14.2 Å². The van der Waals surface area contributed by atoms with Gasteiger partial charge in [-0.15, -0.1) is 0 Å². The summed E-state index contributed by atoms with van der Waals surface area (Å²) in [5.41, 5.74) is 0.242. The number of nitrogens with one attached hydrogen (secondary N) is 1. The molecule has 2 aromatic carbocycles. The third-order valence-electron chi connectivity index (χ3n) is 4.18. The quantitative estimate of drug-likeness (QED) is 0.612. The molecule has 9 heteroatoms. The van der Waals surface area contributed by atoms with Crippen molar-refractivity contribution in [1.29, 1.82) is 0 Å². The number of anilines is 1. The van der Waals surface area contributed by atoms with Crippen LogP contribution < -0.4 is 24.4 Å². The lowest BCUT2D eigenvalue weighted by atomic mass is 10.1. The first-order valence-electron chi connectivity index (χ1n) is 8.36. The topological polar surface area (TPSA) is 94.2 Å². The maximum atomic E-state index is 13.2. The fraction of sp³-hybridized carbons (Fsp3) is 0.150. The van der Waals surface area contributed by atoms with Crippen LogP contribution in [0.4, 0.5) is 14.9 Å². The number of halogens is 1. The second kappa shape index (κ2) is 8.01. The van der Waals surface area contributed by atoms with Crippen LogP contribution in [0.3, 0.4) is 0 Å². The van der Waals surface area contributed by atoms with E-state index < -0.39 is 23.7 Å². The molecule has 0 spiro atoms. The molecule has 1 aliphatic heterocycles. The van der Waals surface area contributed by atoms with E-state index in [0.29, 0.717) is 22.8 Å². The second-order valence-corrected chi connectivity index (χ2v) is 5.89. The van der Waals surface area contributed by atoms with Crippen molar-refractivity contribution in [2.75, 3.05) is 26.2 Å². The summed E-state index contributed by atoms with van der Waals surface area (Å²) in [4.78, 5) is 38.1. The molecule has 4 amide bonds. The molecule has 0 saturated carbocycles. The van der Waals surface area contributed by atoms with Gasteiger partial charge in [-0.3, -0.25) is 14.9 Å². The van der Waals surface area contributed by atoms with Crippen molar-refractivity contribution in [3.8, 4) is 17.2 Å². The highest BCUT2D eigenvalue weighted by molar-refractivity contribution is 6.39. The standard InChI is InChI=1S/C20H17FN2O6/c1-27-15-9-11(10-16(28-2)17(15)29-3)8-14-18(24)22-20(26)23(19(14)25)13-6-4-12(21)5-7-13/h4-10H,1-3H3,(H,22,24,26)/b14-8-. The van der Waals surface area contributed by atoms with Crippen LogP contribution in [0, 0.1) is 5.82 Å². The molecule has 29 heavy (non-hydrogen) atoms. The Hall–Kier alpha value is -3.88. The Morgan fingerprint density at radius 2 is 1.52 bits per heavy atom. The van der Waals surface area contributed by atoms with Gasteiger partial charge in [0.25, 0.3) is 11.8 Å². The number of carbonyl (C=O) groups excluding carboxylic acids is 3. The SMILES string of the molecule is COc1cc(/C=C2/C(=O)NC(=O)N(c3ccc(F)cc3)C2=O)cc(OC)c1OC. The van der Waals surface area contributed by atoms with E-state index in [-0.39, 0.29) is 11.3 Å². The van der Waals surface area contributed by atoms with E-state index in [2.05, 4.69) is 5.32 Å². The minimum Gasteiger partial charge on any atom is -0.493 e. The van der Waals surface area contributed by atoms with Crippen molar-refractivity contribution in [2.24, 2.45) is 0 Å². The lowest BCUT2D eigenvalue weighted by Crippen LogP contribution is -2.54. The summed E-state index contributed by atoms with van der Waals surface area (Å²) in [5, 5.41) is 2.10. The number of hydrogen-bond acceptors (Lipinski definition) is 6. The third kappa shape index (κ3) is 3.75. The second-order valence-electron chi connectivity index (χ2n) is 5.89. The number of ether oxygens (including phenoxy) is 3. The zero-order valence-corrected chi connectivity index (χ0v) is 15.8. The first-order valence-corrected chi connectivity index (χ1v) is 8.36. The number of hydrogen-bond donors (Lipinski definition) is 1. The zero-order chi connectivity index (χ0) is 21.1. The first-order chi connectivity index (χ1) is 13.9. The van der Waals surface area contributed by atoms with Crippen LogP contribution in [0.25, 0.3) is 6.08 Å². The highest BCUT2D eigenvalue weighted by Gasteiger charge is 2.36. The number of barbiturate groups is 1. The van der Waals surface area contributed by atoms with E-state index in [9.17, 15) is 18.8 Å². The predicted octanol–water partition coefficient (Wildman–Crippen LogP) is 2.52. The van der Waals surface area contributed by atoms with Gasteiger partial charge in [0.15, 0.2) is 11.5 Å². The monoisotopic (exact) mass is 400 g/mol. The summed E-state index contributed by atoms with van der Waals surface area (Å²) >= 11 is 0. The number of carbonyl (C=O) groups is 3. The van der Waals surface area contributed by atoms with Crippen molar-refractivity contribution in [3.05, 3.63) is 53.4 Å². The normalized spacial score (nSPS) is 15.4. The number of methoxy groups -OCH3 is 3. The van der Waals surface area contributed by atoms with Gasteiger partial charge in [-0.05, 0) is 48.0 Å². The van der Waals surface area contributed by atoms with Crippen LogP contribution in [0.1, 0.15) is 5.56 Å². The molecule has 3 rings (SSSR count). The molecule has 1 aliphatic rings. The molecule has 1 fully saturated rings. The van der Waals surface area contributed by atoms with Crippen LogP contribution in [-0.2, 0) is 9.59 Å². The number of imide groups is 2. The summed E-state index contributed by atoms with van der Waals surface area (Å²) in [6.45, 7) is 0. The lowest BCUT2D eigenvalue weighted by Gasteiger charge is -2.26. The highest BCUT2D eigenvalue weighted by Crippen LogP contribution is 2.39. The van der Waals surface area contributed by atoms with Gasteiger partial charge in [0.05, 0.1) is 27.0 Å². The molecular weight excluding hydrogens is 383 g/mol. The van der Waals surface area contributed by atoms with Crippen molar-refractivity contribution < 1.29 is 33.0 Å². The van der Waals surface area contributed by atoms with Gasteiger partial charge in [0.2, 0.25) is 5.75 Å². The molecule has 1 heterocycles. The maximum absolute atomic E-state index is 13.2. The summed E-state index contributed by atoms with van der Waals surface area (Å²) in [6.07, 6.45) is 1.30. The fourth-order valence-corrected chi connectivity index (χ4v) is 2.83. The van der Waals surface area contributed by atoms with Gasteiger partial charge in [-0.1, -0.05) is 0 Å². The molecule has 0 bridgehead atoms. The van der Waals surface area contributed by atoms with Crippen LogP contribution in [-0.4, -0.2) is 39.2 Å². The van der Waals surface area contributed by atoms with E-state index in [1.54, 1.807) is 12.1 Å². The van der Waals surface area contributed by atoms with E-state index in [0.717, 1.165) is 17.0 Å². The number of amides is 4. The largest absolute Gasteiger partial charge is 0.493 e. The Balaban J connectivity index is 2.06. The van der Waals surface area contributed by atoms with Crippen LogP contribution in [0.5, 0.6) is 17.2 Å². The van der Waals surface area contributed by atoms with Gasteiger partial charge < -0.3 is 14.2 Å². The Bertz CT molecular complexity index is 991. The van der Waals surface area contributed by atoms with Crippen molar-refractivity contribution in [1.82, 2.24) is 5.32 Å². The van der Waals surface area contributed by atoms with Gasteiger partial charge in [-0.25, -0.2) is 14.1 Å². The van der Waals surface area contributed by atoms with E-state index in [1.807, 2.05) is 0 Å². The maximum Gasteiger partial charge on any atom is 0.335 e. The molecule has 1 N–H and O–H groups in total. The Morgan fingerprint density at radius 3 is 2.03 bits per heavy atom. The average Bonchev–Trinajstić information content (AvgIpc) is 2.71. The summed E-state index contributed by atoms with van der Waals surface area (Å²) in [5.74, 6) is -1.23. The van der Waals surface area contributed by atoms with Crippen molar-refractivity contribution in [3.63, 3.8) is 0 Å². The molecule has 8 nitrogen and oxygen atoms in total. The van der Waals surface area contributed by atoms with E-state index >= 15 is 0 Å². The zero-order valence-electron chi connectivity index (χ0n) is 15.8. The van der Waals surface area contributed by atoms with Crippen molar-refractivity contribution >= 4 is 29.6 Å². The molecule has 0 aromatic heterocycles. The highest BCUT2D eigenvalue weighted by atomic mass is 19.1. The lowest BCUT2D eigenvalue weighted by molar-refractivity contribution is -0.122. The fourth-order valence-electron chi connectivity index (χ4n) is 2.83. The molecule has 0 atom stereocenters. The minimum atomic E-state index is -0.923. The van der Waals surface area contributed by atoms with Gasteiger partial charge in [0.1, 0.15) is 11.4 Å². The Morgan fingerprint density at radius 1 is 0.931 bits per heavy atom. The first kappa shape index (κ1) is 19.9.